The minimum Gasteiger partial charge on any atom is -0.309 e. The molecule has 13 aromatic rings. The van der Waals surface area contributed by atoms with Crippen molar-refractivity contribution in [3.63, 3.8) is 0 Å². The molecule has 0 aliphatic carbocycles. The van der Waals surface area contributed by atoms with Gasteiger partial charge in [-0.2, -0.15) is 0 Å². The molecule has 6 heteroatoms. The Hall–Kier alpha value is -8.32. The maximum absolute atomic E-state index is 5.44. The molecule has 5 nitrogen and oxygen atoms in total. The molecule has 13 rings (SSSR count). The van der Waals surface area contributed by atoms with Crippen molar-refractivity contribution in [2.45, 2.75) is 45.8 Å². The molecule has 0 fully saturated rings. The number of para-hydroxylation sites is 4. The van der Waals surface area contributed by atoms with Crippen LogP contribution in [0.5, 0.6) is 0 Å². The third kappa shape index (κ3) is 6.88. The van der Waals surface area contributed by atoms with Crippen molar-refractivity contribution in [1.82, 2.24) is 23.7 Å². The monoisotopic (exact) mass is 931 g/mol. The van der Waals surface area contributed by atoms with Gasteiger partial charge in [0, 0.05) is 66.1 Å². The van der Waals surface area contributed by atoms with Gasteiger partial charge >= 0.3 is 0 Å². The highest BCUT2D eigenvalue weighted by molar-refractivity contribution is 6.92. The summed E-state index contributed by atoms with van der Waals surface area (Å²) >= 11 is 0. The van der Waals surface area contributed by atoms with Crippen molar-refractivity contribution < 1.29 is 0 Å². The fourth-order valence-electron chi connectivity index (χ4n) is 10.9. The van der Waals surface area contributed by atoms with Gasteiger partial charge in [-0.05, 0) is 90.8 Å². The summed E-state index contributed by atoms with van der Waals surface area (Å²) in [5, 5.41) is 9.21. The van der Waals surface area contributed by atoms with E-state index in [9.17, 15) is 0 Å². The SMILES string of the molecule is Cc1ccc2c(c1)c1cc([Si](C)(C)C(C)(C)C)ccc1n2-c1ccc(-c2cc(-c3cc(-n4c5ccccc5c5ccccc54)cc(-n4c5ccccc5c5ccccc54)c3)nc(-c3ccccc3)n2)cc1. The van der Waals surface area contributed by atoms with Crippen LogP contribution in [-0.4, -0.2) is 31.7 Å². The molecule has 4 aromatic heterocycles. The fourth-order valence-corrected chi connectivity index (χ4v) is 12.8. The van der Waals surface area contributed by atoms with Crippen molar-refractivity contribution in [3.8, 4) is 51.0 Å². The van der Waals surface area contributed by atoms with E-state index in [1.165, 1.54) is 54.1 Å². The van der Waals surface area contributed by atoms with Gasteiger partial charge in [-0.15, -0.1) is 0 Å². The molecule has 0 unspecified atom stereocenters. The van der Waals surface area contributed by atoms with Crippen LogP contribution in [0.15, 0.2) is 212 Å². The molecular weight excluding hydrogens is 879 g/mol. The molecule has 4 heterocycles. The molecule has 0 bridgehead atoms. The quantitative estimate of drug-likeness (QED) is 0.149. The first-order valence-electron chi connectivity index (χ1n) is 24.7. The van der Waals surface area contributed by atoms with Crippen molar-refractivity contribution >= 4 is 78.7 Å². The van der Waals surface area contributed by atoms with E-state index in [2.05, 4.69) is 261 Å². The molecule has 0 saturated carbocycles. The normalized spacial score (nSPS) is 12.4. The van der Waals surface area contributed by atoms with Gasteiger partial charge in [0.05, 0.1) is 52.6 Å². The van der Waals surface area contributed by atoms with Gasteiger partial charge in [0.1, 0.15) is 0 Å². The molecular formula is C65H53N5Si. The maximum Gasteiger partial charge on any atom is 0.160 e. The third-order valence-electron chi connectivity index (χ3n) is 15.6. The minimum absolute atomic E-state index is 0.232. The molecule has 9 aromatic carbocycles. The Morgan fingerprint density at radius 3 is 1.31 bits per heavy atom. The highest BCUT2D eigenvalue weighted by atomic mass is 28.3. The van der Waals surface area contributed by atoms with Crippen LogP contribution >= 0.6 is 0 Å². The Morgan fingerprint density at radius 1 is 0.352 bits per heavy atom. The van der Waals surface area contributed by atoms with E-state index in [0.29, 0.717) is 5.82 Å². The molecule has 0 atom stereocenters. The van der Waals surface area contributed by atoms with E-state index < -0.39 is 8.07 Å². The first-order chi connectivity index (χ1) is 34.5. The number of rotatable bonds is 7. The lowest BCUT2D eigenvalue weighted by molar-refractivity contribution is 0.729. The summed E-state index contributed by atoms with van der Waals surface area (Å²) in [5.41, 5.74) is 16.2. The molecule has 0 amide bonds. The lowest BCUT2D eigenvalue weighted by Gasteiger charge is -2.37. The van der Waals surface area contributed by atoms with Gasteiger partial charge in [-0.3, -0.25) is 0 Å². The van der Waals surface area contributed by atoms with E-state index in [1.54, 1.807) is 0 Å². The van der Waals surface area contributed by atoms with E-state index in [-0.39, 0.29) is 5.04 Å². The summed E-state index contributed by atoms with van der Waals surface area (Å²) in [7, 11) is -1.78. The third-order valence-corrected chi connectivity index (χ3v) is 21.1. The first-order valence-corrected chi connectivity index (χ1v) is 27.7. The molecule has 0 radical (unpaired) electrons. The number of aryl methyl sites for hydroxylation is 1. The minimum atomic E-state index is -1.78. The predicted molar refractivity (Wildman–Crippen MR) is 303 cm³/mol. The maximum atomic E-state index is 5.44. The molecule has 0 N–H and O–H groups in total. The molecule has 0 saturated heterocycles. The van der Waals surface area contributed by atoms with Gasteiger partial charge in [-0.1, -0.05) is 178 Å². The first kappa shape index (κ1) is 42.8. The number of hydrogen-bond acceptors (Lipinski definition) is 2. The summed E-state index contributed by atoms with van der Waals surface area (Å²) in [5.74, 6) is 0.679. The van der Waals surface area contributed by atoms with Crippen molar-refractivity contribution in [3.05, 3.63) is 218 Å². The topological polar surface area (TPSA) is 40.6 Å². The lowest BCUT2D eigenvalue weighted by atomic mass is 10.0. The second kappa shape index (κ2) is 16.1. The average Bonchev–Trinajstić information content (AvgIpc) is 4.04. The van der Waals surface area contributed by atoms with Gasteiger partial charge < -0.3 is 13.7 Å². The van der Waals surface area contributed by atoms with E-state index in [4.69, 9.17) is 9.97 Å². The van der Waals surface area contributed by atoms with Crippen molar-refractivity contribution in [2.24, 2.45) is 0 Å². The van der Waals surface area contributed by atoms with Gasteiger partial charge in [0.2, 0.25) is 0 Å². The lowest BCUT2D eigenvalue weighted by Crippen LogP contribution is -2.49. The largest absolute Gasteiger partial charge is 0.309 e. The molecule has 342 valence electrons. The second-order valence-electron chi connectivity index (χ2n) is 20.8. The summed E-state index contributed by atoms with van der Waals surface area (Å²) in [6.45, 7) is 14.4. The molecule has 71 heavy (non-hydrogen) atoms. The number of nitrogens with zero attached hydrogens (tertiary/aromatic N) is 5. The number of aromatic nitrogens is 5. The standard InChI is InChI=1S/C65H53N5Si/c1-42-28-34-62-54(36-42)55-40-49(71(5,6)65(2,3)4)33-35-63(55)68(62)46-31-29-43(30-32-46)56-41-57(67-64(66-56)44-18-8-7-9-19-44)45-37-47(69-58-24-14-10-20-50(58)51-21-11-15-25-59(51)69)39-48(38-45)70-60-26-16-12-22-52(60)53-23-13-17-27-61(53)70/h7-41H,1-6H3. The average molecular weight is 932 g/mol. The highest BCUT2D eigenvalue weighted by Crippen LogP contribution is 2.41. The van der Waals surface area contributed by atoms with Gasteiger partial charge in [0.15, 0.2) is 5.82 Å². The Balaban J connectivity index is 1.01. The van der Waals surface area contributed by atoms with Crippen LogP contribution in [0.3, 0.4) is 0 Å². The number of benzene rings is 9. The Labute approximate surface area is 414 Å². The number of hydrogen-bond donors (Lipinski definition) is 0. The zero-order chi connectivity index (χ0) is 48.2. The van der Waals surface area contributed by atoms with Crippen molar-refractivity contribution in [1.29, 1.82) is 0 Å². The smallest absolute Gasteiger partial charge is 0.160 e. The zero-order valence-electron chi connectivity index (χ0n) is 40.9. The summed E-state index contributed by atoms with van der Waals surface area (Å²) in [6, 6.07) is 77.5. The molecule has 0 spiro atoms. The van der Waals surface area contributed by atoms with Gasteiger partial charge in [-0.25, -0.2) is 9.97 Å². The molecule has 0 aliphatic heterocycles. The Kier molecular flexibility index (Phi) is 9.71. The van der Waals surface area contributed by atoms with Crippen LogP contribution < -0.4 is 5.19 Å². The van der Waals surface area contributed by atoms with Crippen LogP contribution in [0, 0.1) is 6.92 Å². The Morgan fingerprint density at radius 2 is 0.789 bits per heavy atom. The van der Waals surface area contributed by atoms with Crippen LogP contribution in [0.4, 0.5) is 0 Å². The van der Waals surface area contributed by atoms with Gasteiger partial charge in [0.25, 0.3) is 0 Å². The Bertz CT molecular complexity index is 4000. The van der Waals surface area contributed by atoms with E-state index in [0.717, 1.165) is 67.2 Å². The number of fused-ring (bicyclic) bond motifs is 9. The van der Waals surface area contributed by atoms with Crippen LogP contribution in [0.25, 0.3) is 116 Å². The van der Waals surface area contributed by atoms with Crippen LogP contribution in [-0.2, 0) is 0 Å². The predicted octanol–water partition coefficient (Wildman–Crippen LogP) is 16.8. The fraction of sp³-hybridized carbons (Fsp3) is 0.108. The van der Waals surface area contributed by atoms with E-state index >= 15 is 0 Å². The van der Waals surface area contributed by atoms with Crippen LogP contribution in [0.1, 0.15) is 26.3 Å². The highest BCUT2D eigenvalue weighted by Gasteiger charge is 2.37. The second-order valence-corrected chi connectivity index (χ2v) is 26.1. The van der Waals surface area contributed by atoms with Crippen molar-refractivity contribution in [2.75, 3.05) is 0 Å². The summed E-state index contributed by atoms with van der Waals surface area (Å²) < 4.78 is 7.25. The van der Waals surface area contributed by atoms with E-state index in [1.807, 2.05) is 6.07 Å². The summed E-state index contributed by atoms with van der Waals surface area (Å²) in [4.78, 5) is 10.8. The van der Waals surface area contributed by atoms with Crippen LogP contribution in [0.2, 0.25) is 18.1 Å². The molecule has 0 aliphatic rings. The summed E-state index contributed by atoms with van der Waals surface area (Å²) in [6.07, 6.45) is 0. The zero-order valence-corrected chi connectivity index (χ0v) is 41.9.